The van der Waals surface area contributed by atoms with Crippen molar-refractivity contribution in [3.63, 3.8) is 0 Å². The van der Waals surface area contributed by atoms with Crippen LogP contribution in [-0.4, -0.2) is 16.1 Å². The van der Waals surface area contributed by atoms with Gasteiger partial charge >= 0.3 is 0 Å². The minimum Gasteiger partial charge on any atom is -0.396 e. The molecule has 1 N–H and O–H groups in total. The number of hydrogen-bond donors (Lipinski definition) is 1. The van der Waals surface area contributed by atoms with Gasteiger partial charge in [0.05, 0.1) is 5.56 Å². The van der Waals surface area contributed by atoms with Crippen LogP contribution in [0.5, 0.6) is 0 Å². The van der Waals surface area contributed by atoms with Gasteiger partial charge in [-0.3, -0.25) is 9.20 Å². The zero-order chi connectivity index (χ0) is 14.8. The summed E-state index contributed by atoms with van der Waals surface area (Å²) in [6.07, 6.45) is 1.57. The van der Waals surface area contributed by atoms with E-state index in [-0.39, 0.29) is 12.2 Å². The predicted molar refractivity (Wildman–Crippen MR) is 79.9 cm³/mol. The van der Waals surface area contributed by atoms with Gasteiger partial charge in [-0.25, -0.2) is 4.39 Å². The highest BCUT2D eigenvalue weighted by Crippen LogP contribution is 2.22. The van der Waals surface area contributed by atoms with Gasteiger partial charge in [0.15, 0.2) is 0 Å². The van der Waals surface area contributed by atoms with Gasteiger partial charge in [-0.05, 0) is 35.7 Å². The van der Waals surface area contributed by atoms with Crippen molar-refractivity contribution in [2.75, 3.05) is 6.61 Å². The summed E-state index contributed by atoms with van der Waals surface area (Å²) in [6, 6.07) is 13.9. The average molecular weight is 283 g/mol. The molecule has 1 aromatic carbocycles. The van der Waals surface area contributed by atoms with Crippen LogP contribution in [0.1, 0.15) is 5.56 Å². The topological polar surface area (TPSA) is 41.7 Å². The van der Waals surface area contributed by atoms with Gasteiger partial charge in [0.1, 0.15) is 5.82 Å². The van der Waals surface area contributed by atoms with E-state index in [2.05, 4.69) is 0 Å². The van der Waals surface area contributed by atoms with Crippen LogP contribution in [0.25, 0.3) is 16.6 Å². The number of fused-ring (bicyclic) bond motifs is 1. The summed E-state index contributed by atoms with van der Waals surface area (Å²) < 4.78 is 14.7. The van der Waals surface area contributed by atoms with E-state index in [1.165, 1.54) is 16.7 Å². The van der Waals surface area contributed by atoms with Crippen LogP contribution in [-0.2, 0) is 6.42 Å². The summed E-state index contributed by atoms with van der Waals surface area (Å²) >= 11 is 0. The molecule has 2 heterocycles. The lowest BCUT2D eigenvalue weighted by Gasteiger charge is -2.11. The standard InChI is InChI=1S/C17H14FNO2/c18-14-6-7-15-10-13(8-9-20)16(17(21)19(15)11-14)12-4-2-1-3-5-12/h1-7,10-11,20H,8-9H2. The molecule has 0 spiro atoms. The second-order valence-electron chi connectivity index (χ2n) is 4.83. The summed E-state index contributed by atoms with van der Waals surface area (Å²) in [5.74, 6) is -0.460. The molecule has 0 radical (unpaired) electrons. The molecule has 0 atom stereocenters. The van der Waals surface area contributed by atoms with E-state index in [0.717, 1.165) is 11.1 Å². The van der Waals surface area contributed by atoms with Gasteiger partial charge in [0.2, 0.25) is 0 Å². The predicted octanol–water partition coefficient (Wildman–Crippen LogP) is 2.64. The first-order valence-electron chi connectivity index (χ1n) is 6.71. The van der Waals surface area contributed by atoms with Crippen molar-refractivity contribution in [2.24, 2.45) is 0 Å². The molecule has 0 aliphatic rings. The number of halogens is 1. The molecule has 3 rings (SSSR count). The maximum Gasteiger partial charge on any atom is 0.263 e. The van der Waals surface area contributed by atoms with Crippen LogP contribution >= 0.6 is 0 Å². The molecule has 0 unspecified atom stereocenters. The van der Waals surface area contributed by atoms with E-state index in [4.69, 9.17) is 0 Å². The van der Waals surface area contributed by atoms with Crippen molar-refractivity contribution in [1.82, 2.24) is 4.40 Å². The van der Waals surface area contributed by atoms with Crippen LogP contribution < -0.4 is 5.56 Å². The zero-order valence-corrected chi connectivity index (χ0v) is 11.3. The second-order valence-corrected chi connectivity index (χ2v) is 4.83. The number of nitrogens with zero attached hydrogens (tertiary/aromatic N) is 1. The Kier molecular flexibility index (Phi) is 3.54. The molecule has 3 aromatic rings. The Hall–Kier alpha value is -2.46. The maximum absolute atomic E-state index is 13.4. The molecule has 4 heteroatoms. The molecule has 0 bridgehead atoms. The fraction of sp³-hybridized carbons (Fsp3) is 0.118. The Bertz CT molecular complexity index is 841. The van der Waals surface area contributed by atoms with Crippen molar-refractivity contribution in [1.29, 1.82) is 0 Å². The van der Waals surface area contributed by atoms with E-state index < -0.39 is 5.82 Å². The molecule has 0 amide bonds. The largest absolute Gasteiger partial charge is 0.396 e. The van der Waals surface area contributed by atoms with Crippen LogP contribution in [0.3, 0.4) is 0 Å². The molecule has 0 aliphatic heterocycles. The summed E-state index contributed by atoms with van der Waals surface area (Å²) in [6.45, 7) is -0.0450. The smallest absolute Gasteiger partial charge is 0.263 e. The van der Waals surface area contributed by atoms with Crippen molar-refractivity contribution in [3.05, 3.63) is 76.5 Å². The Labute approximate surface area is 120 Å². The van der Waals surface area contributed by atoms with E-state index in [1.54, 1.807) is 6.07 Å². The number of aromatic nitrogens is 1. The second kappa shape index (κ2) is 5.50. The fourth-order valence-corrected chi connectivity index (χ4v) is 2.52. The van der Waals surface area contributed by atoms with Gasteiger partial charge < -0.3 is 5.11 Å². The fourth-order valence-electron chi connectivity index (χ4n) is 2.52. The van der Waals surface area contributed by atoms with Crippen molar-refractivity contribution in [2.45, 2.75) is 6.42 Å². The first kappa shape index (κ1) is 13.5. The Morgan fingerprint density at radius 1 is 1.10 bits per heavy atom. The lowest BCUT2D eigenvalue weighted by molar-refractivity contribution is 0.300. The molecule has 0 saturated carbocycles. The molecule has 0 aliphatic carbocycles. The highest BCUT2D eigenvalue weighted by atomic mass is 19.1. The first-order valence-corrected chi connectivity index (χ1v) is 6.71. The summed E-state index contributed by atoms with van der Waals surface area (Å²) in [5, 5.41) is 9.23. The SMILES string of the molecule is O=c1c(-c2ccccc2)c(CCO)cc2ccc(F)cn12. The Morgan fingerprint density at radius 3 is 2.57 bits per heavy atom. The Morgan fingerprint density at radius 2 is 1.86 bits per heavy atom. The molecule has 2 aromatic heterocycles. The third kappa shape index (κ3) is 2.45. The van der Waals surface area contributed by atoms with Crippen molar-refractivity contribution < 1.29 is 9.50 Å². The van der Waals surface area contributed by atoms with E-state index in [0.29, 0.717) is 17.5 Å². The number of rotatable bonds is 3. The summed E-state index contributed by atoms with van der Waals surface area (Å²) in [4.78, 5) is 12.7. The van der Waals surface area contributed by atoms with Gasteiger partial charge in [0, 0.05) is 18.3 Å². The van der Waals surface area contributed by atoms with E-state index in [1.807, 2.05) is 36.4 Å². The van der Waals surface area contributed by atoms with Gasteiger partial charge in [0.25, 0.3) is 5.56 Å². The van der Waals surface area contributed by atoms with E-state index in [9.17, 15) is 14.3 Å². The monoisotopic (exact) mass is 283 g/mol. The minimum absolute atomic E-state index is 0.0450. The molecular formula is C17H14FNO2. The van der Waals surface area contributed by atoms with Crippen molar-refractivity contribution >= 4 is 5.52 Å². The lowest BCUT2D eigenvalue weighted by Crippen LogP contribution is -2.18. The molecule has 21 heavy (non-hydrogen) atoms. The van der Waals surface area contributed by atoms with Crippen LogP contribution in [0.15, 0.2) is 59.5 Å². The van der Waals surface area contributed by atoms with Crippen LogP contribution in [0.4, 0.5) is 4.39 Å². The third-order valence-corrected chi connectivity index (χ3v) is 3.46. The highest BCUT2D eigenvalue weighted by Gasteiger charge is 2.13. The van der Waals surface area contributed by atoms with Crippen LogP contribution in [0.2, 0.25) is 0 Å². The van der Waals surface area contributed by atoms with Crippen molar-refractivity contribution in [3.8, 4) is 11.1 Å². The number of aliphatic hydroxyl groups excluding tert-OH is 1. The minimum atomic E-state index is -0.460. The molecule has 0 fully saturated rings. The number of aliphatic hydroxyl groups is 1. The zero-order valence-electron chi connectivity index (χ0n) is 11.3. The molecule has 0 saturated heterocycles. The maximum atomic E-state index is 13.4. The first-order chi connectivity index (χ1) is 10.2. The third-order valence-electron chi connectivity index (χ3n) is 3.46. The summed E-state index contributed by atoms with van der Waals surface area (Å²) in [7, 11) is 0. The van der Waals surface area contributed by atoms with Gasteiger partial charge in [-0.15, -0.1) is 0 Å². The van der Waals surface area contributed by atoms with E-state index >= 15 is 0 Å². The number of pyridine rings is 2. The lowest BCUT2D eigenvalue weighted by atomic mass is 9.99. The average Bonchev–Trinajstić information content (AvgIpc) is 2.50. The molecular weight excluding hydrogens is 269 g/mol. The highest BCUT2D eigenvalue weighted by molar-refractivity contribution is 5.69. The number of benzene rings is 1. The normalized spacial score (nSPS) is 11.0. The number of hydrogen-bond acceptors (Lipinski definition) is 2. The summed E-state index contributed by atoms with van der Waals surface area (Å²) in [5.41, 5.74) is 2.38. The van der Waals surface area contributed by atoms with Crippen LogP contribution in [0, 0.1) is 5.82 Å². The van der Waals surface area contributed by atoms with Gasteiger partial charge in [-0.1, -0.05) is 30.3 Å². The molecule has 3 nitrogen and oxygen atoms in total. The Balaban J connectivity index is 2.37. The molecule has 106 valence electrons. The quantitative estimate of drug-likeness (QED) is 0.803. The van der Waals surface area contributed by atoms with Gasteiger partial charge in [-0.2, -0.15) is 0 Å².